The monoisotopic (exact) mass is 455 g/mol. The summed E-state index contributed by atoms with van der Waals surface area (Å²) >= 11 is 0. The molecule has 5 N–H and O–H groups in total. The van der Waals surface area contributed by atoms with Gasteiger partial charge in [0.05, 0.1) is 18.5 Å². The molecule has 2 aromatic carbocycles. The number of nitrogens with two attached hydrogens (primary N) is 1. The van der Waals surface area contributed by atoms with E-state index < -0.39 is 0 Å². The molecule has 2 amide bonds. The quantitative estimate of drug-likeness (QED) is 0.244. The van der Waals surface area contributed by atoms with E-state index in [1.807, 2.05) is 12.1 Å². The van der Waals surface area contributed by atoms with Gasteiger partial charge in [-0.3, -0.25) is 24.2 Å². The molecule has 3 aromatic rings. The number of aromatic nitrogens is 1. The summed E-state index contributed by atoms with van der Waals surface area (Å²) in [4.78, 5) is 39.6. The Bertz CT molecular complexity index is 1000. The number of carbonyl (C=O) groups is 3. The van der Waals surface area contributed by atoms with Crippen molar-refractivity contribution in [1.82, 2.24) is 15.8 Å². The van der Waals surface area contributed by atoms with E-state index in [1.54, 1.807) is 43.7 Å². The van der Waals surface area contributed by atoms with Gasteiger partial charge in [-0.25, -0.2) is 9.87 Å². The first-order valence-corrected chi connectivity index (χ1v) is 9.62. The Morgan fingerprint density at radius 1 is 1.15 bits per heavy atom. The van der Waals surface area contributed by atoms with Crippen LogP contribution in [-0.4, -0.2) is 37.7 Å². The number of benzene rings is 2. The van der Waals surface area contributed by atoms with Gasteiger partial charge in [-0.1, -0.05) is 18.2 Å². The Kier molecular flexibility index (Phi) is 12.5. The summed E-state index contributed by atoms with van der Waals surface area (Å²) < 4.78 is 12.4. The molecule has 3 rings (SSSR count). The molecule has 0 bridgehead atoms. The highest BCUT2D eigenvalue weighted by Crippen LogP contribution is 2.17. The molecule has 174 valence electrons. The van der Waals surface area contributed by atoms with E-state index in [4.69, 9.17) is 5.73 Å². The molecule has 0 unspecified atom stereocenters. The maximum Gasteiger partial charge on any atom is 0.274 e. The first-order chi connectivity index (χ1) is 15.9. The Morgan fingerprint density at radius 3 is 2.39 bits per heavy atom. The number of hydrogen-bond donors (Lipinski definition) is 4. The molecule has 0 fully saturated rings. The van der Waals surface area contributed by atoms with Crippen LogP contribution in [0.2, 0.25) is 0 Å². The van der Waals surface area contributed by atoms with Gasteiger partial charge in [0.1, 0.15) is 12.1 Å². The summed E-state index contributed by atoms with van der Waals surface area (Å²) in [6.45, 7) is 0.553. The number of nitrogens with zero attached hydrogens (tertiary/aromatic N) is 1. The normalized spacial score (nSPS) is 9.18. The third-order valence-electron chi connectivity index (χ3n) is 3.90. The molecule has 0 saturated heterocycles. The topological polar surface area (TPSA) is 135 Å². The van der Waals surface area contributed by atoms with Crippen LogP contribution in [0.5, 0.6) is 0 Å². The minimum absolute atomic E-state index is 0.279. The summed E-state index contributed by atoms with van der Waals surface area (Å²) in [5.41, 5.74) is 10.8. The third kappa shape index (κ3) is 10.5. The number of rotatable bonds is 7. The maximum absolute atomic E-state index is 12.4. The second-order valence-electron chi connectivity index (χ2n) is 6.22. The number of nitrogen functional groups attached to an aromatic ring is 1. The fourth-order valence-electron chi connectivity index (χ4n) is 2.27. The zero-order valence-electron chi connectivity index (χ0n) is 18.2. The van der Waals surface area contributed by atoms with Crippen molar-refractivity contribution >= 4 is 30.0 Å². The molecule has 0 saturated carbocycles. The molecular formula is C23H26FN5O4. The Morgan fingerprint density at radius 2 is 1.88 bits per heavy atom. The van der Waals surface area contributed by atoms with Crippen molar-refractivity contribution in [3.63, 3.8) is 0 Å². The van der Waals surface area contributed by atoms with Crippen LogP contribution in [0.25, 0.3) is 0 Å². The second kappa shape index (κ2) is 15.5. The first kappa shape index (κ1) is 26.7. The molecule has 10 heteroatoms. The zero-order valence-corrected chi connectivity index (χ0v) is 18.2. The van der Waals surface area contributed by atoms with Crippen molar-refractivity contribution in [2.24, 2.45) is 0 Å². The fourth-order valence-corrected chi connectivity index (χ4v) is 2.27. The van der Waals surface area contributed by atoms with E-state index in [0.717, 1.165) is 11.8 Å². The molecule has 0 aliphatic carbocycles. The van der Waals surface area contributed by atoms with Crippen LogP contribution >= 0.6 is 0 Å². The largest absolute Gasteiger partial charge is 0.397 e. The number of carbonyl (C=O) groups excluding carboxylic acids is 3. The number of nitrogens with one attached hydrogen (secondary N) is 3. The SMILES string of the molecule is CNc1cc(F)ccc1N.CONC(=O)c1ccc(C=O)cc1.O=CNCc1cccnc1. The minimum Gasteiger partial charge on any atom is -0.397 e. The van der Waals surface area contributed by atoms with Crippen molar-refractivity contribution in [2.45, 2.75) is 6.54 Å². The smallest absolute Gasteiger partial charge is 0.274 e. The van der Waals surface area contributed by atoms with E-state index in [-0.39, 0.29) is 11.7 Å². The van der Waals surface area contributed by atoms with Gasteiger partial charge in [0.15, 0.2) is 0 Å². The Hall–Kier alpha value is -4.31. The fraction of sp³-hybridized carbons (Fsp3) is 0.130. The average Bonchev–Trinajstić information content (AvgIpc) is 2.86. The molecule has 0 aliphatic rings. The lowest BCUT2D eigenvalue weighted by atomic mass is 10.1. The zero-order chi connectivity index (χ0) is 24.5. The molecule has 9 nitrogen and oxygen atoms in total. The molecule has 0 spiro atoms. The second-order valence-corrected chi connectivity index (χ2v) is 6.22. The molecule has 1 aromatic heterocycles. The van der Waals surface area contributed by atoms with Gasteiger partial charge in [0.25, 0.3) is 5.91 Å². The molecular weight excluding hydrogens is 429 g/mol. The van der Waals surface area contributed by atoms with E-state index in [0.29, 0.717) is 35.5 Å². The van der Waals surface area contributed by atoms with Gasteiger partial charge in [0.2, 0.25) is 6.41 Å². The van der Waals surface area contributed by atoms with E-state index in [1.165, 1.54) is 25.3 Å². The van der Waals surface area contributed by atoms with Crippen molar-refractivity contribution in [1.29, 1.82) is 0 Å². The maximum atomic E-state index is 12.4. The summed E-state index contributed by atoms with van der Waals surface area (Å²) in [5, 5.41) is 5.32. The van der Waals surface area contributed by atoms with Crippen LogP contribution in [0.4, 0.5) is 15.8 Å². The predicted molar refractivity (Wildman–Crippen MR) is 124 cm³/mol. The summed E-state index contributed by atoms with van der Waals surface area (Å²) in [7, 11) is 3.06. The molecule has 0 atom stereocenters. The van der Waals surface area contributed by atoms with Crippen LogP contribution in [0.1, 0.15) is 26.3 Å². The molecule has 1 heterocycles. The van der Waals surface area contributed by atoms with E-state index in [9.17, 15) is 18.8 Å². The number of amides is 2. The minimum atomic E-state index is -0.333. The highest BCUT2D eigenvalue weighted by molar-refractivity contribution is 5.94. The van der Waals surface area contributed by atoms with Crippen LogP contribution in [0, 0.1) is 5.82 Å². The van der Waals surface area contributed by atoms with Crippen LogP contribution < -0.4 is 21.8 Å². The first-order valence-electron chi connectivity index (χ1n) is 9.62. The summed E-state index contributed by atoms with van der Waals surface area (Å²) in [5.74, 6) is -0.613. The van der Waals surface area contributed by atoms with Gasteiger partial charge in [-0.2, -0.15) is 0 Å². The van der Waals surface area contributed by atoms with E-state index >= 15 is 0 Å². The standard InChI is InChI=1S/C9H9NO3.C7H9FN2.C7H8N2O/c1-13-10-9(12)8-4-2-7(6-11)3-5-8;1-10-7-4-5(8)2-3-6(7)9;10-6-9-5-7-2-1-3-8-4-7/h2-6H,1H3,(H,10,12);2-4,10H,9H2,1H3;1-4,6H,5H2,(H,9,10). The lowest BCUT2D eigenvalue weighted by molar-refractivity contribution is -0.109. The number of anilines is 2. The van der Waals surface area contributed by atoms with Gasteiger partial charge >= 0.3 is 0 Å². The molecule has 33 heavy (non-hydrogen) atoms. The van der Waals surface area contributed by atoms with Gasteiger partial charge < -0.3 is 16.4 Å². The molecule has 0 aliphatic heterocycles. The van der Waals surface area contributed by atoms with Crippen LogP contribution in [0.15, 0.2) is 67.0 Å². The van der Waals surface area contributed by atoms with Crippen molar-refractivity contribution in [3.8, 4) is 0 Å². The summed E-state index contributed by atoms with van der Waals surface area (Å²) in [6, 6.07) is 14.2. The lowest BCUT2D eigenvalue weighted by Crippen LogP contribution is -2.21. The number of aldehydes is 1. The van der Waals surface area contributed by atoms with Gasteiger partial charge in [-0.05, 0) is 42.0 Å². The van der Waals surface area contributed by atoms with Crippen molar-refractivity contribution in [2.75, 3.05) is 25.2 Å². The van der Waals surface area contributed by atoms with E-state index in [2.05, 4.69) is 25.9 Å². The Labute approximate surface area is 191 Å². The third-order valence-corrected chi connectivity index (χ3v) is 3.90. The van der Waals surface area contributed by atoms with Gasteiger partial charge in [0, 0.05) is 37.1 Å². The van der Waals surface area contributed by atoms with Crippen molar-refractivity contribution < 1.29 is 23.6 Å². The summed E-state index contributed by atoms with van der Waals surface area (Å²) in [6.07, 6.45) is 4.81. The van der Waals surface area contributed by atoms with Crippen LogP contribution in [0.3, 0.4) is 0 Å². The Balaban J connectivity index is 0.000000251. The number of hydroxylamine groups is 1. The highest BCUT2D eigenvalue weighted by atomic mass is 19.1. The van der Waals surface area contributed by atoms with Crippen LogP contribution in [-0.2, 0) is 16.2 Å². The van der Waals surface area contributed by atoms with Crippen molar-refractivity contribution in [3.05, 3.63) is 89.5 Å². The number of halogens is 1. The number of hydrogen-bond acceptors (Lipinski definition) is 7. The average molecular weight is 455 g/mol. The lowest BCUT2D eigenvalue weighted by Gasteiger charge is -2.02. The predicted octanol–water partition coefficient (Wildman–Crippen LogP) is 2.57. The number of pyridine rings is 1. The highest BCUT2D eigenvalue weighted by Gasteiger charge is 2.03. The van der Waals surface area contributed by atoms with Gasteiger partial charge in [-0.15, -0.1) is 0 Å². The molecule has 0 radical (unpaired) electrons.